The first-order valence-corrected chi connectivity index (χ1v) is 20.1. The maximum Gasteiger partial charge on any atom is 0.313 e. The Hall–Kier alpha value is -4.04. The SMILES string of the molecule is C=CCCC(=O)N[C@H](COC)[C@H](OC(=O)[C@@H]1[C@H]2O[C@@]3(CC2Br)[C@H](C(=O)N(CC=C)c2ccc(N(CC)CC)cc2)N([C@@H](CC)CO)C(=O)[C@@H]13)c1ccccc1. The van der Waals surface area contributed by atoms with Gasteiger partial charge in [0.15, 0.2) is 0 Å². The average Bonchev–Trinajstić information content (AvgIpc) is 3.79. The summed E-state index contributed by atoms with van der Waals surface area (Å²) in [5, 5.41) is 13.6. The second kappa shape index (κ2) is 18.7. The Morgan fingerprint density at radius 1 is 1.07 bits per heavy atom. The molecule has 55 heavy (non-hydrogen) atoms. The van der Waals surface area contributed by atoms with Crippen LogP contribution in [-0.4, -0.2) is 108 Å². The predicted molar refractivity (Wildman–Crippen MR) is 215 cm³/mol. The van der Waals surface area contributed by atoms with Crippen molar-refractivity contribution in [1.82, 2.24) is 10.2 Å². The molecule has 0 aromatic heterocycles. The summed E-state index contributed by atoms with van der Waals surface area (Å²) in [6.45, 7) is 15.1. The number of carbonyl (C=O) groups excluding carboxylic acids is 4. The molecule has 12 nitrogen and oxygen atoms in total. The summed E-state index contributed by atoms with van der Waals surface area (Å²) in [6.07, 6.45) is 2.84. The van der Waals surface area contributed by atoms with Gasteiger partial charge in [0.05, 0.1) is 43.2 Å². The third-order valence-electron chi connectivity index (χ3n) is 11.2. The maximum absolute atomic E-state index is 15.1. The molecular formula is C42H55BrN4O8. The summed E-state index contributed by atoms with van der Waals surface area (Å²) >= 11 is 3.75. The summed E-state index contributed by atoms with van der Waals surface area (Å²) in [5.74, 6) is -3.94. The van der Waals surface area contributed by atoms with E-state index in [1.807, 2.05) is 49.4 Å². The van der Waals surface area contributed by atoms with E-state index < -0.39 is 65.6 Å². The lowest BCUT2D eigenvalue weighted by Crippen LogP contribution is -2.59. The third-order valence-corrected chi connectivity index (χ3v) is 12.0. The molecule has 2 N–H and O–H groups in total. The van der Waals surface area contributed by atoms with Crippen molar-refractivity contribution in [2.45, 2.75) is 87.2 Å². The van der Waals surface area contributed by atoms with Gasteiger partial charge in [0.1, 0.15) is 17.7 Å². The van der Waals surface area contributed by atoms with E-state index in [-0.39, 0.29) is 43.3 Å². The number of allylic oxidation sites excluding steroid dienone is 1. The maximum atomic E-state index is 15.1. The number of fused-ring (bicyclic) bond motifs is 1. The van der Waals surface area contributed by atoms with Crippen molar-refractivity contribution in [3.63, 3.8) is 0 Å². The number of nitrogens with zero attached hydrogens (tertiary/aromatic N) is 3. The van der Waals surface area contributed by atoms with Crippen LogP contribution in [0.1, 0.15) is 58.1 Å². The number of halogens is 1. The number of likely N-dealkylation sites (tertiary alicyclic amines) is 1. The minimum Gasteiger partial charge on any atom is -0.455 e. The molecule has 2 aromatic carbocycles. The number of aliphatic hydroxyl groups excluding tert-OH is 1. The molecule has 3 amide bonds. The van der Waals surface area contributed by atoms with E-state index in [0.29, 0.717) is 24.1 Å². The van der Waals surface area contributed by atoms with Gasteiger partial charge in [0.2, 0.25) is 11.8 Å². The minimum atomic E-state index is -1.40. The number of benzene rings is 2. The highest BCUT2D eigenvalue weighted by Crippen LogP contribution is 2.61. The lowest BCUT2D eigenvalue weighted by molar-refractivity contribution is -0.163. The number of hydrogen-bond acceptors (Lipinski definition) is 9. The van der Waals surface area contributed by atoms with Crippen molar-refractivity contribution >= 4 is 51.0 Å². The van der Waals surface area contributed by atoms with E-state index in [1.54, 1.807) is 29.2 Å². The number of ether oxygens (including phenoxy) is 3. The summed E-state index contributed by atoms with van der Waals surface area (Å²) in [7, 11) is 1.50. The van der Waals surface area contributed by atoms with Gasteiger partial charge in [-0.2, -0.15) is 0 Å². The van der Waals surface area contributed by atoms with E-state index in [0.717, 1.165) is 18.8 Å². The van der Waals surface area contributed by atoms with Crippen LogP contribution in [0.2, 0.25) is 0 Å². The first kappa shape index (κ1) is 42.1. The van der Waals surface area contributed by atoms with E-state index in [9.17, 15) is 19.5 Å². The highest BCUT2D eigenvalue weighted by atomic mass is 79.9. The molecule has 13 heteroatoms. The fourth-order valence-corrected chi connectivity index (χ4v) is 9.52. The Kier molecular flexibility index (Phi) is 14.3. The zero-order valence-corrected chi connectivity index (χ0v) is 33.9. The second-order valence-corrected chi connectivity index (χ2v) is 15.5. The second-order valence-electron chi connectivity index (χ2n) is 14.3. The molecule has 9 atom stereocenters. The third kappa shape index (κ3) is 8.26. The van der Waals surface area contributed by atoms with Crippen molar-refractivity contribution in [1.29, 1.82) is 0 Å². The van der Waals surface area contributed by atoms with Crippen molar-refractivity contribution < 1.29 is 38.5 Å². The van der Waals surface area contributed by atoms with Gasteiger partial charge in [-0.05, 0) is 62.9 Å². The zero-order valence-electron chi connectivity index (χ0n) is 32.3. The Morgan fingerprint density at radius 3 is 2.33 bits per heavy atom. The molecule has 3 heterocycles. The van der Waals surface area contributed by atoms with Crippen molar-refractivity contribution in [3.05, 3.63) is 85.5 Å². The monoisotopic (exact) mass is 822 g/mol. The Balaban J connectivity index is 1.54. The number of methoxy groups -OCH3 is 1. The molecule has 2 bridgehead atoms. The molecule has 298 valence electrons. The van der Waals surface area contributed by atoms with Crippen LogP contribution >= 0.6 is 15.9 Å². The summed E-state index contributed by atoms with van der Waals surface area (Å²) in [5.41, 5.74) is 0.866. The highest BCUT2D eigenvalue weighted by Gasteiger charge is 2.77. The molecule has 1 unspecified atom stereocenters. The van der Waals surface area contributed by atoms with Gasteiger partial charge in [-0.3, -0.25) is 19.2 Å². The largest absolute Gasteiger partial charge is 0.455 e. The molecular weight excluding hydrogens is 768 g/mol. The van der Waals surface area contributed by atoms with Gasteiger partial charge < -0.3 is 39.3 Å². The standard InChI is InChI=1S/C42H55BrN4O8/c1-7-12-18-33(49)44-32(26-53-6)36(27-16-14-13-15-17-27)54-41(52)34-35-39(50)47(28(9-3)25-48)38(42(35)24-31(43)37(34)55-42)40(51)46(23-8-2)30-21-19-29(20-22-30)45(10-4)11-5/h7-8,13-17,19-22,28,31-32,34-38,48H,1-2,9-12,18,23-26H2,3-6H3,(H,44,49)/t28-,31?,32+,34-,35+,36+,37-,38-,42+/m0/s1. The van der Waals surface area contributed by atoms with Gasteiger partial charge in [0, 0.05) is 49.4 Å². The molecule has 2 aromatic rings. The predicted octanol–water partition coefficient (Wildman–Crippen LogP) is 4.95. The van der Waals surface area contributed by atoms with Gasteiger partial charge in [-0.1, -0.05) is 65.3 Å². The van der Waals surface area contributed by atoms with Crippen molar-refractivity contribution in [3.8, 4) is 0 Å². The molecule has 0 saturated carbocycles. The normalized spacial score (nSPS) is 25.5. The van der Waals surface area contributed by atoms with Gasteiger partial charge in [-0.15, -0.1) is 13.2 Å². The van der Waals surface area contributed by atoms with Crippen LogP contribution in [0.15, 0.2) is 79.9 Å². The number of rotatable bonds is 20. The number of alkyl halides is 1. The van der Waals surface area contributed by atoms with Gasteiger partial charge >= 0.3 is 5.97 Å². The van der Waals surface area contributed by atoms with Crippen molar-refractivity contribution in [2.24, 2.45) is 11.8 Å². The molecule has 3 aliphatic heterocycles. The first-order chi connectivity index (χ1) is 26.5. The topological polar surface area (TPSA) is 138 Å². The van der Waals surface area contributed by atoms with Crippen LogP contribution in [0, 0.1) is 11.8 Å². The molecule has 0 radical (unpaired) electrons. The lowest BCUT2D eigenvalue weighted by atomic mass is 9.70. The number of nitrogens with one attached hydrogen (secondary N) is 1. The number of anilines is 2. The molecule has 3 fully saturated rings. The fourth-order valence-electron chi connectivity index (χ4n) is 8.58. The number of carbonyl (C=O) groups is 4. The minimum absolute atomic E-state index is 0.0404. The van der Waals surface area contributed by atoms with E-state index in [4.69, 9.17) is 14.2 Å². The molecule has 0 aliphatic carbocycles. The molecule has 5 rings (SSSR count). The first-order valence-electron chi connectivity index (χ1n) is 19.2. The van der Waals surface area contributed by atoms with Crippen LogP contribution in [0.5, 0.6) is 0 Å². The quantitative estimate of drug-likeness (QED) is 0.108. The Bertz CT molecular complexity index is 1670. The molecule has 3 saturated heterocycles. The van der Waals surface area contributed by atoms with Crippen LogP contribution in [0.25, 0.3) is 0 Å². The Labute approximate surface area is 333 Å². The van der Waals surface area contributed by atoms with E-state index in [2.05, 4.69) is 53.2 Å². The zero-order chi connectivity index (χ0) is 39.9. The summed E-state index contributed by atoms with van der Waals surface area (Å²) in [6, 6.07) is 14.1. The van der Waals surface area contributed by atoms with Gasteiger partial charge in [-0.25, -0.2) is 0 Å². The lowest BCUT2D eigenvalue weighted by Gasteiger charge is -2.39. The van der Waals surface area contributed by atoms with E-state index >= 15 is 4.79 Å². The summed E-state index contributed by atoms with van der Waals surface area (Å²) < 4.78 is 18.6. The number of hydrogen-bond donors (Lipinski definition) is 2. The van der Waals surface area contributed by atoms with Crippen LogP contribution in [0.3, 0.4) is 0 Å². The Morgan fingerprint density at radius 2 is 1.75 bits per heavy atom. The van der Waals surface area contributed by atoms with Gasteiger partial charge in [0.25, 0.3) is 5.91 Å². The highest BCUT2D eigenvalue weighted by molar-refractivity contribution is 9.09. The number of amides is 3. The van der Waals surface area contributed by atoms with Crippen LogP contribution in [-0.2, 0) is 33.4 Å². The average molecular weight is 824 g/mol. The number of aliphatic hydroxyl groups is 1. The van der Waals surface area contributed by atoms with Crippen LogP contribution < -0.4 is 15.1 Å². The number of esters is 1. The van der Waals surface area contributed by atoms with Crippen LogP contribution in [0.4, 0.5) is 11.4 Å². The summed E-state index contributed by atoms with van der Waals surface area (Å²) in [4.78, 5) is 62.4. The smallest absolute Gasteiger partial charge is 0.313 e. The van der Waals surface area contributed by atoms with Crippen molar-refractivity contribution in [2.75, 3.05) is 49.8 Å². The van der Waals surface area contributed by atoms with E-state index in [1.165, 1.54) is 12.0 Å². The molecule has 3 aliphatic rings. The fraction of sp³-hybridized carbons (Fsp3) is 0.524. The molecule has 1 spiro atoms.